The second-order valence-corrected chi connectivity index (χ2v) is 9.73. The molecule has 0 atom stereocenters. The summed E-state index contributed by atoms with van der Waals surface area (Å²) >= 11 is 2.92. The summed E-state index contributed by atoms with van der Waals surface area (Å²) in [6, 6.07) is 19.5. The molecule has 0 radical (unpaired) electrons. The molecule has 1 saturated heterocycles. The molecule has 0 unspecified atom stereocenters. The fourth-order valence-electron chi connectivity index (χ4n) is 3.40. The average Bonchev–Trinajstić information content (AvgIpc) is 3.11. The highest BCUT2D eigenvalue weighted by atomic mass is 127. The largest absolute Gasteiger partial charge is 0.493 e. The number of benzene rings is 3. The van der Waals surface area contributed by atoms with Gasteiger partial charge in [-0.25, -0.2) is 0 Å². The molecule has 0 bridgehead atoms. The van der Waals surface area contributed by atoms with Gasteiger partial charge in [-0.2, -0.15) is 0 Å². The number of methoxy groups -OCH3 is 1. The van der Waals surface area contributed by atoms with Crippen molar-refractivity contribution >= 4 is 57.3 Å². The first-order valence-corrected chi connectivity index (χ1v) is 12.3. The van der Waals surface area contributed by atoms with Gasteiger partial charge in [0.2, 0.25) is 0 Å². The smallest absolute Gasteiger partial charge is 0.293 e. The highest BCUT2D eigenvalue weighted by Gasteiger charge is 2.35. The molecule has 0 spiro atoms. The van der Waals surface area contributed by atoms with E-state index in [0.717, 1.165) is 31.4 Å². The van der Waals surface area contributed by atoms with Gasteiger partial charge in [0.05, 0.1) is 35.1 Å². The van der Waals surface area contributed by atoms with Crippen LogP contribution in [0.5, 0.6) is 11.5 Å². The zero-order chi connectivity index (χ0) is 24.9. The Morgan fingerprint density at radius 2 is 1.74 bits per heavy atom. The molecule has 1 aliphatic heterocycles. The van der Waals surface area contributed by atoms with E-state index in [-0.39, 0.29) is 40.8 Å². The SMILES string of the molecule is COc1cc(/C=C2/SC(=O)N(Cc3ccc(I)cc3)C2=O)c([N+](=O)[O-])cc1OCc1ccccc1. The Balaban J connectivity index is 1.61. The summed E-state index contributed by atoms with van der Waals surface area (Å²) in [5.74, 6) is -0.0286. The van der Waals surface area contributed by atoms with Crippen LogP contribution in [-0.4, -0.2) is 28.1 Å². The first kappa shape index (κ1) is 24.7. The van der Waals surface area contributed by atoms with Gasteiger partial charge in [-0.05, 0) is 69.8 Å². The molecule has 0 aromatic heterocycles. The Morgan fingerprint density at radius 1 is 1.03 bits per heavy atom. The third-order valence-electron chi connectivity index (χ3n) is 5.16. The highest BCUT2D eigenvalue weighted by Crippen LogP contribution is 2.39. The van der Waals surface area contributed by atoms with E-state index in [1.165, 1.54) is 25.3 Å². The Bertz CT molecular complexity index is 1310. The van der Waals surface area contributed by atoms with Gasteiger partial charge in [-0.15, -0.1) is 0 Å². The van der Waals surface area contributed by atoms with Crippen LogP contribution < -0.4 is 9.47 Å². The molecule has 0 saturated carbocycles. The van der Waals surface area contributed by atoms with E-state index >= 15 is 0 Å². The van der Waals surface area contributed by atoms with Gasteiger partial charge < -0.3 is 9.47 Å². The lowest BCUT2D eigenvalue weighted by Gasteiger charge is -2.13. The number of ether oxygens (including phenoxy) is 2. The second-order valence-electron chi connectivity index (χ2n) is 7.49. The lowest BCUT2D eigenvalue weighted by molar-refractivity contribution is -0.385. The molecule has 4 rings (SSSR count). The fourth-order valence-corrected chi connectivity index (χ4v) is 4.58. The molecule has 178 valence electrons. The Kier molecular flexibility index (Phi) is 7.71. The van der Waals surface area contributed by atoms with E-state index in [4.69, 9.17) is 9.47 Å². The lowest BCUT2D eigenvalue weighted by Crippen LogP contribution is -2.27. The molecule has 1 heterocycles. The van der Waals surface area contributed by atoms with Crippen LogP contribution in [0.25, 0.3) is 6.08 Å². The summed E-state index contributed by atoms with van der Waals surface area (Å²) in [5.41, 5.74) is 1.57. The molecule has 10 heteroatoms. The number of nitro benzene ring substituents is 1. The van der Waals surface area contributed by atoms with Gasteiger partial charge in [0.1, 0.15) is 6.61 Å². The number of carbonyl (C=O) groups excluding carboxylic acids is 2. The number of rotatable bonds is 8. The molecule has 1 fully saturated rings. The number of nitrogens with zero attached hydrogens (tertiary/aromatic N) is 2. The van der Waals surface area contributed by atoms with Gasteiger partial charge >= 0.3 is 0 Å². The zero-order valence-electron chi connectivity index (χ0n) is 18.5. The maximum atomic E-state index is 12.9. The fraction of sp³-hybridized carbons (Fsp3) is 0.120. The zero-order valence-corrected chi connectivity index (χ0v) is 21.4. The average molecular weight is 602 g/mol. The van der Waals surface area contributed by atoms with Crippen molar-refractivity contribution in [2.24, 2.45) is 0 Å². The van der Waals surface area contributed by atoms with E-state index in [1.807, 2.05) is 54.6 Å². The number of hydrogen-bond donors (Lipinski definition) is 0. The van der Waals surface area contributed by atoms with Crippen LogP contribution in [0.15, 0.2) is 71.6 Å². The summed E-state index contributed by atoms with van der Waals surface area (Å²) < 4.78 is 12.2. The number of halogens is 1. The molecule has 1 aliphatic rings. The molecule has 8 nitrogen and oxygen atoms in total. The van der Waals surface area contributed by atoms with Crippen LogP contribution in [0.4, 0.5) is 10.5 Å². The van der Waals surface area contributed by atoms with Crippen molar-refractivity contribution in [2.75, 3.05) is 7.11 Å². The third kappa shape index (κ3) is 5.82. The van der Waals surface area contributed by atoms with Crippen LogP contribution in [0.1, 0.15) is 16.7 Å². The van der Waals surface area contributed by atoms with Crippen LogP contribution in [0, 0.1) is 13.7 Å². The summed E-state index contributed by atoms with van der Waals surface area (Å²) in [7, 11) is 1.43. The van der Waals surface area contributed by atoms with E-state index in [1.54, 1.807) is 0 Å². The molecular formula is C25H19IN2O6S. The molecule has 2 amide bonds. The topological polar surface area (TPSA) is 99.0 Å². The Morgan fingerprint density at radius 3 is 2.40 bits per heavy atom. The second kappa shape index (κ2) is 10.9. The highest BCUT2D eigenvalue weighted by molar-refractivity contribution is 14.1. The van der Waals surface area contributed by atoms with Crippen LogP contribution in [0.3, 0.4) is 0 Å². The van der Waals surface area contributed by atoms with Crippen molar-refractivity contribution in [3.63, 3.8) is 0 Å². The van der Waals surface area contributed by atoms with Crippen molar-refractivity contribution in [3.05, 3.63) is 102 Å². The Labute approximate surface area is 219 Å². The summed E-state index contributed by atoms with van der Waals surface area (Å²) in [4.78, 5) is 37.9. The molecule has 3 aromatic carbocycles. The lowest BCUT2D eigenvalue weighted by atomic mass is 10.1. The quantitative estimate of drug-likeness (QED) is 0.135. The standard InChI is InChI=1S/C25H19IN2O6S/c1-33-21-11-18(20(28(31)32)13-22(21)34-15-17-5-3-2-4-6-17)12-23-24(29)27(25(30)35-23)14-16-7-9-19(26)10-8-16/h2-13H,14-15H2,1H3/b23-12+. The minimum atomic E-state index is -0.559. The minimum absolute atomic E-state index is 0.101. The first-order valence-electron chi connectivity index (χ1n) is 10.4. The molecule has 0 N–H and O–H groups in total. The Hall–Kier alpha value is -3.38. The van der Waals surface area contributed by atoms with Gasteiger partial charge in [-0.1, -0.05) is 42.5 Å². The van der Waals surface area contributed by atoms with E-state index in [2.05, 4.69) is 22.6 Å². The van der Waals surface area contributed by atoms with Crippen LogP contribution >= 0.6 is 34.4 Å². The van der Waals surface area contributed by atoms with Crippen molar-refractivity contribution in [3.8, 4) is 11.5 Å². The number of amides is 2. The van der Waals surface area contributed by atoms with Crippen molar-refractivity contribution in [1.82, 2.24) is 4.90 Å². The summed E-state index contributed by atoms with van der Waals surface area (Å²) in [5, 5.41) is 11.4. The number of thioether (sulfide) groups is 1. The number of hydrogen-bond acceptors (Lipinski definition) is 7. The molecule has 0 aliphatic carbocycles. The first-order chi connectivity index (χ1) is 16.9. The van der Waals surface area contributed by atoms with Crippen molar-refractivity contribution in [1.29, 1.82) is 0 Å². The van der Waals surface area contributed by atoms with Gasteiger partial charge in [0.25, 0.3) is 16.8 Å². The van der Waals surface area contributed by atoms with E-state index in [0.29, 0.717) is 0 Å². The van der Waals surface area contributed by atoms with E-state index < -0.39 is 16.1 Å². The summed E-state index contributed by atoms with van der Waals surface area (Å²) in [6.07, 6.45) is 1.35. The van der Waals surface area contributed by atoms with E-state index in [9.17, 15) is 19.7 Å². The normalized spacial score (nSPS) is 14.5. The monoisotopic (exact) mass is 602 g/mol. The van der Waals surface area contributed by atoms with Crippen molar-refractivity contribution in [2.45, 2.75) is 13.2 Å². The maximum Gasteiger partial charge on any atom is 0.293 e. The third-order valence-corrected chi connectivity index (χ3v) is 6.79. The minimum Gasteiger partial charge on any atom is -0.493 e. The predicted molar refractivity (Wildman–Crippen MR) is 141 cm³/mol. The van der Waals surface area contributed by atoms with Gasteiger partial charge in [-0.3, -0.25) is 24.6 Å². The molecular weight excluding hydrogens is 583 g/mol. The maximum absolute atomic E-state index is 12.9. The molecule has 35 heavy (non-hydrogen) atoms. The van der Waals surface area contributed by atoms with Gasteiger partial charge in [0, 0.05) is 3.57 Å². The van der Waals surface area contributed by atoms with Crippen LogP contribution in [-0.2, 0) is 17.9 Å². The van der Waals surface area contributed by atoms with Gasteiger partial charge in [0.15, 0.2) is 11.5 Å². The number of nitro groups is 1. The predicted octanol–water partition coefficient (Wildman–Crippen LogP) is 6.02. The van der Waals surface area contributed by atoms with Crippen LogP contribution in [0.2, 0.25) is 0 Å². The number of imide groups is 1. The summed E-state index contributed by atoms with van der Waals surface area (Å²) in [6.45, 7) is 0.321. The van der Waals surface area contributed by atoms with Crippen molar-refractivity contribution < 1.29 is 24.0 Å². The number of carbonyl (C=O) groups is 2. The molecule has 3 aromatic rings.